The first-order valence-corrected chi connectivity index (χ1v) is 9.35. The van der Waals surface area contributed by atoms with Crippen molar-refractivity contribution in [2.24, 2.45) is 7.05 Å². The molecule has 0 amide bonds. The van der Waals surface area contributed by atoms with Crippen molar-refractivity contribution < 1.29 is 8.42 Å². The first kappa shape index (κ1) is 15.9. The summed E-state index contributed by atoms with van der Waals surface area (Å²) in [5.74, 6) is 0.813. The van der Waals surface area contributed by atoms with Crippen LogP contribution >= 0.6 is 0 Å². The number of anilines is 2. The average molecular weight is 333 g/mol. The molecule has 0 spiro atoms. The normalized spacial score (nSPS) is 16.6. The van der Waals surface area contributed by atoms with Crippen LogP contribution in [-0.4, -0.2) is 25.3 Å². The number of hydrogen-bond acceptors (Lipinski definition) is 3. The Morgan fingerprint density at radius 2 is 1.91 bits per heavy atom. The van der Waals surface area contributed by atoms with Crippen LogP contribution in [0.3, 0.4) is 0 Å². The number of nitrogens with two attached hydrogens (primary N) is 1. The van der Waals surface area contributed by atoms with Gasteiger partial charge in [-0.3, -0.25) is 4.31 Å². The minimum absolute atomic E-state index is 0.110. The van der Waals surface area contributed by atoms with E-state index in [-0.39, 0.29) is 11.2 Å². The van der Waals surface area contributed by atoms with Gasteiger partial charge < -0.3 is 10.3 Å². The molecule has 2 heterocycles. The van der Waals surface area contributed by atoms with Crippen molar-refractivity contribution in [3.05, 3.63) is 35.9 Å². The molecular weight excluding hydrogens is 310 g/mol. The van der Waals surface area contributed by atoms with E-state index in [9.17, 15) is 8.42 Å². The van der Waals surface area contributed by atoms with Gasteiger partial charge in [0.15, 0.2) is 0 Å². The summed E-state index contributed by atoms with van der Waals surface area (Å²) < 4.78 is 28.2. The molecule has 1 aliphatic rings. The molecule has 1 aliphatic heterocycles. The monoisotopic (exact) mass is 333 g/mol. The minimum atomic E-state index is -3.26. The zero-order chi connectivity index (χ0) is 17.0. The third kappa shape index (κ3) is 2.41. The molecule has 0 aliphatic carbocycles. The van der Waals surface area contributed by atoms with E-state index in [2.05, 4.69) is 19.9 Å². The maximum absolute atomic E-state index is 12.4. The fraction of sp³-hybridized carbons (Fsp3) is 0.412. The Morgan fingerprint density at radius 1 is 1.22 bits per heavy atom. The lowest BCUT2D eigenvalue weighted by Gasteiger charge is -2.21. The molecule has 1 aromatic carbocycles. The first-order chi connectivity index (χ1) is 10.7. The van der Waals surface area contributed by atoms with E-state index >= 15 is 0 Å². The fourth-order valence-corrected chi connectivity index (χ4v) is 4.50. The van der Waals surface area contributed by atoms with E-state index in [1.807, 2.05) is 35.9 Å². The van der Waals surface area contributed by atoms with Gasteiger partial charge in [0.1, 0.15) is 5.82 Å². The lowest BCUT2D eigenvalue weighted by Crippen LogP contribution is -2.34. The van der Waals surface area contributed by atoms with Crippen LogP contribution in [0.15, 0.2) is 30.3 Å². The van der Waals surface area contributed by atoms with Gasteiger partial charge in [0.2, 0.25) is 10.0 Å². The van der Waals surface area contributed by atoms with Crippen molar-refractivity contribution >= 4 is 21.5 Å². The van der Waals surface area contributed by atoms with Gasteiger partial charge >= 0.3 is 0 Å². The Labute approximate surface area is 137 Å². The van der Waals surface area contributed by atoms with E-state index in [1.54, 1.807) is 11.2 Å². The number of nitrogen functional groups attached to an aromatic ring is 1. The predicted molar refractivity (Wildman–Crippen MR) is 95.1 cm³/mol. The van der Waals surface area contributed by atoms with Gasteiger partial charge in [-0.15, -0.1) is 0 Å². The quantitative estimate of drug-likeness (QED) is 0.939. The maximum Gasteiger partial charge on any atom is 0.234 e. The molecule has 23 heavy (non-hydrogen) atoms. The summed E-state index contributed by atoms with van der Waals surface area (Å²) >= 11 is 0. The molecule has 2 aromatic rings. The van der Waals surface area contributed by atoms with Crippen LogP contribution < -0.4 is 10.0 Å². The zero-order valence-electron chi connectivity index (χ0n) is 14.0. The highest BCUT2D eigenvalue weighted by Gasteiger charge is 2.40. The van der Waals surface area contributed by atoms with Gasteiger partial charge in [0.05, 0.1) is 11.4 Å². The Hall–Kier alpha value is -1.95. The highest BCUT2D eigenvalue weighted by atomic mass is 32.2. The van der Waals surface area contributed by atoms with E-state index < -0.39 is 10.0 Å². The Bertz CT molecular complexity index is 866. The van der Waals surface area contributed by atoms with Crippen molar-refractivity contribution in [1.29, 1.82) is 0 Å². The molecule has 0 bridgehead atoms. The van der Waals surface area contributed by atoms with Gasteiger partial charge in [0, 0.05) is 24.7 Å². The van der Waals surface area contributed by atoms with Gasteiger partial charge in [0.25, 0.3) is 0 Å². The second-order valence-electron chi connectivity index (χ2n) is 6.73. The third-order valence-electron chi connectivity index (χ3n) is 4.69. The molecule has 0 atom stereocenters. The van der Waals surface area contributed by atoms with Gasteiger partial charge in [-0.1, -0.05) is 19.9 Å². The lowest BCUT2D eigenvalue weighted by molar-refractivity contribution is 0.555. The number of benzene rings is 1. The number of fused-ring (bicyclic) bond motifs is 1. The standard InChI is InChI=1S/C17H23N3O2S/c1-5-23(21,22)20-11-17(2,3)13-10-12(6-7-15(13)20)14-8-9-16(18)19(14)4/h6-10H,5,11,18H2,1-4H3. The molecule has 6 heteroatoms. The van der Waals surface area contributed by atoms with Crippen molar-refractivity contribution in [1.82, 2.24) is 4.57 Å². The van der Waals surface area contributed by atoms with Gasteiger partial charge in [-0.05, 0) is 42.3 Å². The summed E-state index contributed by atoms with van der Waals surface area (Å²) in [7, 11) is -1.33. The third-order valence-corrected chi connectivity index (χ3v) is 6.42. The van der Waals surface area contributed by atoms with Crippen LogP contribution in [0.5, 0.6) is 0 Å². The summed E-state index contributed by atoms with van der Waals surface area (Å²) in [4.78, 5) is 0. The molecule has 0 fully saturated rings. The average Bonchev–Trinajstić information content (AvgIpc) is 2.97. The minimum Gasteiger partial charge on any atom is -0.385 e. The second-order valence-corrected chi connectivity index (χ2v) is 8.91. The summed E-state index contributed by atoms with van der Waals surface area (Å²) in [6.45, 7) is 6.33. The predicted octanol–water partition coefficient (Wildman–Crippen LogP) is 2.72. The second kappa shape index (κ2) is 5.03. The molecule has 0 saturated heterocycles. The van der Waals surface area contributed by atoms with Crippen molar-refractivity contribution in [3.8, 4) is 11.3 Å². The molecular formula is C17H23N3O2S. The largest absolute Gasteiger partial charge is 0.385 e. The zero-order valence-corrected chi connectivity index (χ0v) is 14.8. The van der Waals surface area contributed by atoms with Crippen LogP contribution in [-0.2, 0) is 22.5 Å². The lowest BCUT2D eigenvalue weighted by atomic mass is 9.86. The molecule has 124 valence electrons. The molecule has 3 rings (SSSR count). The van der Waals surface area contributed by atoms with Crippen molar-refractivity contribution in [2.45, 2.75) is 26.2 Å². The maximum atomic E-state index is 12.4. The highest BCUT2D eigenvalue weighted by Crippen LogP contribution is 2.43. The summed E-state index contributed by atoms with van der Waals surface area (Å²) in [5.41, 5.74) is 9.63. The van der Waals surface area contributed by atoms with Crippen LogP contribution in [0.1, 0.15) is 26.3 Å². The van der Waals surface area contributed by atoms with E-state index in [4.69, 9.17) is 5.73 Å². The first-order valence-electron chi connectivity index (χ1n) is 7.74. The Kier molecular flexibility index (Phi) is 3.48. The van der Waals surface area contributed by atoms with Crippen LogP contribution in [0.25, 0.3) is 11.3 Å². The summed E-state index contributed by atoms with van der Waals surface area (Å²) in [5, 5.41) is 0. The summed E-state index contributed by atoms with van der Waals surface area (Å²) in [6.07, 6.45) is 0. The van der Waals surface area contributed by atoms with E-state index in [1.165, 1.54) is 0 Å². The molecule has 0 radical (unpaired) electrons. The number of hydrogen-bond donors (Lipinski definition) is 1. The van der Waals surface area contributed by atoms with Crippen LogP contribution in [0, 0.1) is 0 Å². The van der Waals surface area contributed by atoms with Crippen LogP contribution in [0.4, 0.5) is 11.5 Å². The van der Waals surface area contributed by atoms with Gasteiger partial charge in [-0.2, -0.15) is 0 Å². The molecule has 1 aromatic heterocycles. The molecule has 0 unspecified atom stereocenters. The Balaban J connectivity index is 2.15. The molecule has 2 N–H and O–H groups in total. The number of sulfonamides is 1. The highest BCUT2D eigenvalue weighted by molar-refractivity contribution is 7.92. The van der Waals surface area contributed by atoms with Crippen LogP contribution in [0.2, 0.25) is 0 Å². The van der Waals surface area contributed by atoms with E-state index in [0.29, 0.717) is 12.4 Å². The molecule has 5 nitrogen and oxygen atoms in total. The molecule has 0 saturated carbocycles. The Morgan fingerprint density at radius 3 is 2.48 bits per heavy atom. The number of aromatic nitrogens is 1. The van der Waals surface area contributed by atoms with E-state index in [0.717, 1.165) is 22.5 Å². The number of rotatable bonds is 3. The fourth-order valence-electron chi connectivity index (χ4n) is 3.21. The topological polar surface area (TPSA) is 68.3 Å². The van der Waals surface area contributed by atoms with Gasteiger partial charge in [-0.25, -0.2) is 8.42 Å². The van der Waals surface area contributed by atoms with Crippen molar-refractivity contribution in [3.63, 3.8) is 0 Å². The van der Waals surface area contributed by atoms with Crippen molar-refractivity contribution in [2.75, 3.05) is 22.3 Å². The summed E-state index contributed by atoms with van der Waals surface area (Å²) in [6, 6.07) is 9.83. The SMILES string of the molecule is CCS(=O)(=O)N1CC(C)(C)c2cc(-c3ccc(N)n3C)ccc21. The number of nitrogens with zero attached hydrogens (tertiary/aromatic N) is 2. The smallest absolute Gasteiger partial charge is 0.234 e.